The Morgan fingerprint density at radius 3 is 2.40 bits per heavy atom. The highest BCUT2D eigenvalue weighted by atomic mass is 15.3. The highest BCUT2D eigenvalue weighted by molar-refractivity contribution is 5.33. The number of rotatable bonds is 3. The minimum Gasteiger partial charge on any atom is -0.323 e. The van der Waals surface area contributed by atoms with Crippen LogP contribution in [0.3, 0.4) is 0 Å². The fourth-order valence-corrected chi connectivity index (χ4v) is 3.20. The number of hydrogen-bond acceptors (Lipinski definition) is 3. The summed E-state index contributed by atoms with van der Waals surface area (Å²) >= 11 is 0. The molecule has 3 atom stereocenters. The van der Waals surface area contributed by atoms with Crippen LogP contribution in [0, 0.1) is 13.8 Å². The Labute approximate surface area is 123 Å². The zero-order valence-electron chi connectivity index (χ0n) is 13.6. The molecule has 3 nitrogen and oxygen atoms in total. The van der Waals surface area contributed by atoms with Gasteiger partial charge in [-0.15, -0.1) is 0 Å². The lowest BCUT2D eigenvalue weighted by atomic mass is 9.98. The molecule has 0 amide bonds. The lowest BCUT2D eigenvalue weighted by Crippen LogP contribution is -2.55. The summed E-state index contributed by atoms with van der Waals surface area (Å²) in [4.78, 5) is 4.97. The van der Waals surface area contributed by atoms with Gasteiger partial charge in [0.25, 0.3) is 0 Å². The molecule has 0 aromatic heterocycles. The molecule has 0 saturated carbocycles. The molecule has 3 heteroatoms. The Kier molecular flexibility index (Phi) is 4.84. The van der Waals surface area contributed by atoms with Crippen LogP contribution in [0.25, 0.3) is 0 Å². The first-order valence-electron chi connectivity index (χ1n) is 7.65. The summed E-state index contributed by atoms with van der Waals surface area (Å²) in [5, 5.41) is 0. The predicted molar refractivity (Wildman–Crippen MR) is 86.0 cm³/mol. The second kappa shape index (κ2) is 6.25. The molecule has 1 heterocycles. The maximum absolute atomic E-state index is 6.47. The van der Waals surface area contributed by atoms with Crippen molar-refractivity contribution in [2.24, 2.45) is 5.73 Å². The minimum atomic E-state index is 0.109. The molecule has 0 bridgehead atoms. The van der Waals surface area contributed by atoms with E-state index in [9.17, 15) is 0 Å². The van der Waals surface area contributed by atoms with Gasteiger partial charge < -0.3 is 5.73 Å². The molecule has 0 radical (unpaired) electrons. The van der Waals surface area contributed by atoms with Crippen molar-refractivity contribution < 1.29 is 0 Å². The predicted octanol–water partition coefficient (Wildman–Crippen LogP) is 2.33. The van der Waals surface area contributed by atoms with E-state index in [-0.39, 0.29) is 6.04 Å². The Morgan fingerprint density at radius 1 is 1.20 bits per heavy atom. The van der Waals surface area contributed by atoms with Gasteiger partial charge in [0, 0.05) is 37.8 Å². The van der Waals surface area contributed by atoms with Gasteiger partial charge in [-0.25, -0.2) is 0 Å². The summed E-state index contributed by atoms with van der Waals surface area (Å²) in [5.74, 6) is 0. The minimum absolute atomic E-state index is 0.109. The molecule has 112 valence electrons. The van der Waals surface area contributed by atoms with Crippen molar-refractivity contribution in [1.29, 1.82) is 0 Å². The third-order valence-electron chi connectivity index (χ3n) is 4.72. The first kappa shape index (κ1) is 15.5. The maximum Gasteiger partial charge on any atom is 0.0427 e. The van der Waals surface area contributed by atoms with E-state index in [1.165, 1.54) is 16.7 Å². The molecular weight excluding hydrogens is 246 g/mol. The lowest BCUT2D eigenvalue weighted by Gasteiger charge is -2.43. The van der Waals surface area contributed by atoms with Gasteiger partial charge in [-0.3, -0.25) is 9.80 Å². The topological polar surface area (TPSA) is 32.5 Å². The molecular formula is C17H29N3. The van der Waals surface area contributed by atoms with Crippen molar-refractivity contribution in [2.45, 2.75) is 45.8 Å². The number of piperazine rings is 1. The first-order valence-corrected chi connectivity index (χ1v) is 7.65. The van der Waals surface area contributed by atoms with Crippen LogP contribution in [0.15, 0.2) is 18.2 Å². The van der Waals surface area contributed by atoms with Gasteiger partial charge in [0.1, 0.15) is 0 Å². The van der Waals surface area contributed by atoms with Gasteiger partial charge in [-0.1, -0.05) is 23.8 Å². The summed E-state index contributed by atoms with van der Waals surface area (Å²) in [6, 6.07) is 7.89. The molecule has 1 fully saturated rings. The standard InChI is InChI=1S/C17H29N3/c1-12-6-7-13(2)16(8-12)17(18)11-20-9-14(3)19(5)15(4)10-20/h6-8,14-15,17H,9-11,18H2,1-5H3. The first-order chi connectivity index (χ1) is 9.38. The Balaban J connectivity index is 2.04. The molecule has 1 aromatic carbocycles. The molecule has 2 rings (SSSR count). The van der Waals surface area contributed by atoms with Crippen molar-refractivity contribution in [3.63, 3.8) is 0 Å². The molecule has 1 aliphatic heterocycles. The van der Waals surface area contributed by atoms with Crippen molar-refractivity contribution >= 4 is 0 Å². The number of likely N-dealkylation sites (N-methyl/N-ethyl adjacent to an activating group) is 1. The van der Waals surface area contributed by atoms with Crippen molar-refractivity contribution in [1.82, 2.24) is 9.80 Å². The van der Waals surface area contributed by atoms with Crippen molar-refractivity contribution in [2.75, 3.05) is 26.7 Å². The molecule has 0 spiro atoms. The second-order valence-corrected chi connectivity index (χ2v) is 6.55. The zero-order valence-corrected chi connectivity index (χ0v) is 13.6. The van der Waals surface area contributed by atoms with Crippen molar-refractivity contribution in [3.05, 3.63) is 34.9 Å². The molecule has 2 N–H and O–H groups in total. The third kappa shape index (κ3) is 3.40. The monoisotopic (exact) mass is 275 g/mol. The van der Waals surface area contributed by atoms with Crippen LogP contribution in [-0.4, -0.2) is 48.6 Å². The SMILES string of the molecule is Cc1ccc(C)c(C(N)CN2CC(C)N(C)C(C)C2)c1. The van der Waals surface area contributed by atoms with Crippen LogP contribution in [0.5, 0.6) is 0 Å². The largest absolute Gasteiger partial charge is 0.323 e. The maximum atomic E-state index is 6.47. The number of nitrogens with zero attached hydrogens (tertiary/aromatic N) is 2. The van der Waals surface area contributed by atoms with E-state index in [1.54, 1.807) is 0 Å². The average molecular weight is 275 g/mol. The molecule has 20 heavy (non-hydrogen) atoms. The average Bonchev–Trinajstić information content (AvgIpc) is 2.38. The van der Waals surface area contributed by atoms with E-state index in [0.29, 0.717) is 12.1 Å². The van der Waals surface area contributed by atoms with E-state index < -0.39 is 0 Å². The van der Waals surface area contributed by atoms with Crippen LogP contribution < -0.4 is 5.73 Å². The Morgan fingerprint density at radius 2 is 1.80 bits per heavy atom. The molecule has 3 unspecified atom stereocenters. The zero-order chi connectivity index (χ0) is 14.9. The normalized spacial score (nSPS) is 26.7. The van der Waals surface area contributed by atoms with E-state index in [0.717, 1.165) is 19.6 Å². The summed E-state index contributed by atoms with van der Waals surface area (Å²) in [6.07, 6.45) is 0. The van der Waals surface area contributed by atoms with Gasteiger partial charge in [-0.2, -0.15) is 0 Å². The van der Waals surface area contributed by atoms with Crippen LogP contribution in [0.2, 0.25) is 0 Å². The van der Waals surface area contributed by atoms with E-state index >= 15 is 0 Å². The summed E-state index contributed by atoms with van der Waals surface area (Å²) in [5.41, 5.74) is 10.4. The van der Waals surface area contributed by atoms with Crippen LogP contribution in [0.4, 0.5) is 0 Å². The van der Waals surface area contributed by atoms with Gasteiger partial charge in [-0.05, 0) is 45.9 Å². The highest BCUT2D eigenvalue weighted by Crippen LogP contribution is 2.21. The number of aryl methyl sites for hydroxylation is 2. The fraction of sp³-hybridized carbons (Fsp3) is 0.647. The Hall–Kier alpha value is -0.900. The number of hydrogen-bond donors (Lipinski definition) is 1. The fourth-order valence-electron chi connectivity index (χ4n) is 3.20. The summed E-state index contributed by atoms with van der Waals surface area (Å²) in [6.45, 7) is 12.1. The highest BCUT2D eigenvalue weighted by Gasteiger charge is 2.27. The number of benzene rings is 1. The van der Waals surface area contributed by atoms with Crippen LogP contribution in [0.1, 0.15) is 36.6 Å². The van der Waals surface area contributed by atoms with E-state index in [1.807, 2.05) is 0 Å². The van der Waals surface area contributed by atoms with E-state index in [4.69, 9.17) is 5.73 Å². The van der Waals surface area contributed by atoms with Crippen LogP contribution in [-0.2, 0) is 0 Å². The van der Waals surface area contributed by atoms with Gasteiger partial charge in [0.05, 0.1) is 0 Å². The third-order valence-corrected chi connectivity index (χ3v) is 4.72. The summed E-state index contributed by atoms with van der Waals surface area (Å²) in [7, 11) is 2.22. The smallest absolute Gasteiger partial charge is 0.0427 e. The summed E-state index contributed by atoms with van der Waals surface area (Å²) < 4.78 is 0. The van der Waals surface area contributed by atoms with Gasteiger partial charge >= 0.3 is 0 Å². The quantitative estimate of drug-likeness (QED) is 0.919. The second-order valence-electron chi connectivity index (χ2n) is 6.55. The number of nitrogens with two attached hydrogens (primary N) is 1. The van der Waals surface area contributed by atoms with E-state index in [2.05, 4.69) is 62.7 Å². The molecule has 1 aromatic rings. The Bertz CT molecular complexity index is 446. The van der Waals surface area contributed by atoms with Crippen molar-refractivity contribution in [3.8, 4) is 0 Å². The molecule has 1 aliphatic rings. The molecule has 0 aliphatic carbocycles. The lowest BCUT2D eigenvalue weighted by molar-refractivity contribution is 0.0566. The van der Waals surface area contributed by atoms with Gasteiger partial charge in [0.15, 0.2) is 0 Å². The van der Waals surface area contributed by atoms with Crippen LogP contribution >= 0.6 is 0 Å². The molecule has 1 saturated heterocycles. The van der Waals surface area contributed by atoms with Gasteiger partial charge in [0.2, 0.25) is 0 Å².